The molecule has 0 aromatic heterocycles. The van der Waals surface area contributed by atoms with Crippen LogP contribution in [0.5, 0.6) is 5.75 Å². The second kappa shape index (κ2) is 6.17. The Balaban J connectivity index is 2.48. The maximum atomic E-state index is 6.39. The number of hydrogen-bond donors (Lipinski definition) is 1. The van der Waals surface area contributed by atoms with E-state index >= 15 is 0 Å². The fraction of sp³-hybridized carbons (Fsp3) is 0.250. The number of nitrogens with two attached hydrogens (primary N) is 1. The third kappa shape index (κ3) is 3.00. The maximum Gasteiger partial charge on any atom is 0.122 e. The topological polar surface area (TPSA) is 35.2 Å². The summed E-state index contributed by atoms with van der Waals surface area (Å²) in [6.07, 6.45) is 0. The third-order valence-corrected chi connectivity index (χ3v) is 4.24. The third-order valence-electron chi connectivity index (χ3n) is 3.42. The molecule has 2 aromatic carbocycles. The highest BCUT2D eigenvalue weighted by molar-refractivity contribution is 9.10. The Hall–Kier alpha value is -1.03. The van der Waals surface area contributed by atoms with E-state index in [1.54, 1.807) is 7.11 Å². The van der Waals surface area contributed by atoms with Crippen LogP contribution in [-0.2, 0) is 0 Å². The molecule has 2 nitrogen and oxygen atoms in total. The van der Waals surface area contributed by atoms with Crippen molar-refractivity contribution in [1.82, 2.24) is 0 Å². The van der Waals surface area contributed by atoms with Crippen molar-refractivity contribution in [3.05, 3.63) is 62.1 Å². The molecule has 20 heavy (non-hydrogen) atoms. The molecule has 2 rings (SSSR count). The quantitative estimate of drug-likeness (QED) is 0.861. The van der Waals surface area contributed by atoms with Gasteiger partial charge in [-0.05, 0) is 54.3 Å². The molecule has 0 aliphatic rings. The van der Waals surface area contributed by atoms with E-state index in [1.807, 2.05) is 38.1 Å². The lowest BCUT2D eigenvalue weighted by Crippen LogP contribution is -2.14. The van der Waals surface area contributed by atoms with Crippen LogP contribution in [0.1, 0.15) is 28.3 Å². The normalized spacial score (nSPS) is 12.3. The Kier molecular flexibility index (Phi) is 4.74. The number of rotatable bonds is 3. The van der Waals surface area contributed by atoms with Crippen molar-refractivity contribution in [2.45, 2.75) is 19.9 Å². The van der Waals surface area contributed by atoms with Gasteiger partial charge in [0.1, 0.15) is 5.75 Å². The zero-order chi connectivity index (χ0) is 14.9. The molecule has 0 fully saturated rings. The molecule has 0 saturated heterocycles. The molecule has 0 aliphatic carbocycles. The summed E-state index contributed by atoms with van der Waals surface area (Å²) in [5.41, 5.74) is 10.5. The van der Waals surface area contributed by atoms with Crippen LogP contribution in [0.3, 0.4) is 0 Å². The van der Waals surface area contributed by atoms with Crippen LogP contribution in [-0.4, -0.2) is 7.11 Å². The van der Waals surface area contributed by atoms with Crippen molar-refractivity contribution in [2.75, 3.05) is 7.11 Å². The Morgan fingerprint density at radius 1 is 1.10 bits per heavy atom. The van der Waals surface area contributed by atoms with Crippen molar-refractivity contribution in [2.24, 2.45) is 5.73 Å². The Labute approximate surface area is 133 Å². The zero-order valence-corrected chi connectivity index (χ0v) is 14.0. The summed E-state index contributed by atoms with van der Waals surface area (Å²) in [5, 5.41) is 0.666. The molecule has 0 saturated carbocycles. The fourth-order valence-corrected chi connectivity index (χ4v) is 3.08. The number of hydrogen-bond acceptors (Lipinski definition) is 2. The van der Waals surface area contributed by atoms with Crippen molar-refractivity contribution in [3.8, 4) is 5.75 Å². The van der Waals surface area contributed by atoms with E-state index in [0.29, 0.717) is 5.02 Å². The van der Waals surface area contributed by atoms with E-state index in [-0.39, 0.29) is 6.04 Å². The predicted octanol–water partition coefficient (Wildman–Crippen LogP) is 4.78. The lowest BCUT2D eigenvalue weighted by atomic mass is 9.94. The van der Waals surface area contributed by atoms with Crippen LogP contribution in [0.15, 0.2) is 34.8 Å². The first-order valence-corrected chi connectivity index (χ1v) is 7.46. The zero-order valence-electron chi connectivity index (χ0n) is 11.7. The highest BCUT2D eigenvalue weighted by Gasteiger charge is 2.16. The molecule has 1 unspecified atom stereocenters. The first-order valence-electron chi connectivity index (χ1n) is 6.29. The predicted molar refractivity (Wildman–Crippen MR) is 87.7 cm³/mol. The lowest BCUT2D eigenvalue weighted by Gasteiger charge is -2.19. The number of benzene rings is 2. The molecule has 0 bridgehead atoms. The summed E-state index contributed by atoms with van der Waals surface area (Å²) in [5.74, 6) is 0.875. The van der Waals surface area contributed by atoms with Crippen LogP contribution in [0.25, 0.3) is 0 Å². The molecule has 2 N–H and O–H groups in total. The standard InChI is InChI=1S/C16H17BrClNO/c1-9-7-15(20-3)10(2)6-13(9)16(19)12-5-4-11(17)8-14(12)18/h4-8,16H,19H2,1-3H3. The second-order valence-electron chi connectivity index (χ2n) is 4.82. The first-order chi connectivity index (χ1) is 9.43. The summed E-state index contributed by atoms with van der Waals surface area (Å²) < 4.78 is 6.28. The monoisotopic (exact) mass is 353 g/mol. The van der Waals surface area contributed by atoms with E-state index in [9.17, 15) is 0 Å². The van der Waals surface area contributed by atoms with Crippen LogP contribution in [0.2, 0.25) is 5.02 Å². The summed E-state index contributed by atoms with van der Waals surface area (Å²) in [7, 11) is 1.67. The van der Waals surface area contributed by atoms with E-state index in [4.69, 9.17) is 22.1 Å². The van der Waals surface area contributed by atoms with Gasteiger partial charge < -0.3 is 10.5 Å². The molecule has 4 heteroatoms. The average Bonchev–Trinajstić information content (AvgIpc) is 2.40. The molecule has 1 atom stereocenters. The van der Waals surface area contributed by atoms with Gasteiger partial charge in [0.2, 0.25) is 0 Å². The SMILES string of the molecule is COc1cc(C)c(C(N)c2ccc(Br)cc2Cl)cc1C. The minimum Gasteiger partial charge on any atom is -0.496 e. The number of ether oxygens (including phenoxy) is 1. The van der Waals surface area contributed by atoms with Gasteiger partial charge in [-0.3, -0.25) is 0 Å². The maximum absolute atomic E-state index is 6.39. The fourth-order valence-electron chi connectivity index (χ4n) is 2.29. The van der Waals surface area contributed by atoms with Gasteiger partial charge in [-0.25, -0.2) is 0 Å². The summed E-state index contributed by atoms with van der Waals surface area (Å²) in [6, 6.07) is 9.60. The minimum absolute atomic E-state index is 0.250. The van der Waals surface area contributed by atoms with Gasteiger partial charge in [-0.1, -0.05) is 39.7 Å². The number of aryl methyl sites for hydroxylation is 2. The summed E-state index contributed by atoms with van der Waals surface area (Å²) >= 11 is 9.70. The Morgan fingerprint density at radius 3 is 2.40 bits per heavy atom. The van der Waals surface area contributed by atoms with Crippen LogP contribution >= 0.6 is 27.5 Å². The molecule has 2 aromatic rings. The molecule has 0 spiro atoms. The molecule has 106 valence electrons. The molecular weight excluding hydrogens is 338 g/mol. The van der Waals surface area contributed by atoms with Gasteiger partial charge >= 0.3 is 0 Å². The van der Waals surface area contributed by atoms with Gasteiger partial charge in [0.25, 0.3) is 0 Å². The summed E-state index contributed by atoms with van der Waals surface area (Å²) in [4.78, 5) is 0. The highest BCUT2D eigenvalue weighted by Crippen LogP contribution is 2.33. The minimum atomic E-state index is -0.250. The Bertz CT molecular complexity index is 643. The Morgan fingerprint density at radius 2 is 1.80 bits per heavy atom. The van der Waals surface area contributed by atoms with E-state index in [0.717, 1.165) is 32.5 Å². The lowest BCUT2D eigenvalue weighted by molar-refractivity contribution is 0.411. The molecule has 0 radical (unpaired) electrons. The van der Waals surface area contributed by atoms with Gasteiger partial charge in [-0.2, -0.15) is 0 Å². The van der Waals surface area contributed by atoms with Crippen LogP contribution in [0.4, 0.5) is 0 Å². The average molecular weight is 355 g/mol. The van der Waals surface area contributed by atoms with Crippen molar-refractivity contribution < 1.29 is 4.74 Å². The molecule has 0 heterocycles. The van der Waals surface area contributed by atoms with Gasteiger partial charge in [0.15, 0.2) is 0 Å². The van der Waals surface area contributed by atoms with Crippen molar-refractivity contribution >= 4 is 27.5 Å². The van der Waals surface area contributed by atoms with Crippen LogP contribution in [0, 0.1) is 13.8 Å². The van der Waals surface area contributed by atoms with E-state index < -0.39 is 0 Å². The van der Waals surface area contributed by atoms with Gasteiger partial charge in [-0.15, -0.1) is 0 Å². The smallest absolute Gasteiger partial charge is 0.122 e. The molecule has 0 aliphatic heterocycles. The number of methoxy groups -OCH3 is 1. The largest absolute Gasteiger partial charge is 0.496 e. The van der Waals surface area contributed by atoms with Crippen molar-refractivity contribution in [1.29, 1.82) is 0 Å². The van der Waals surface area contributed by atoms with Crippen LogP contribution < -0.4 is 10.5 Å². The summed E-state index contributed by atoms with van der Waals surface area (Å²) in [6.45, 7) is 4.04. The number of halogens is 2. The van der Waals surface area contributed by atoms with Crippen molar-refractivity contribution in [3.63, 3.8) is 0 Å². The molecular formula is C16H17BrClNO. The van der Waals surface area contributed by atoms with E-state index in [1.165, 1.54) is 0 Å². The van der Waals surface area contributed by atoms with E-state index in [2.05, 4.69) is 22.0 Å². The molecule has 0 amide bonds. The first kappa shape index (κ1) is 15.4. The van der Waals surface area contributed by atoms with Gasteiger partial charge in [0.05, 0.1) is 13.2 Å². The van der Waals surface area contributed by atoms with Gasteiger partial charge in [0, 0.05) is 9.50 Å². The second-order valence-corrected chi connectivity index (χ2v) is 6.14. The highest BCUT2D eigenvalue weighted by atomic mass is 79.9.